The van der Waals surface area contributed by atoms with Gasteiger partial charge in [-0.25, -0.2) is 0 Å². The standard InChI is InChI=1S/C16H26N2O/c1-3-18(4-2)15-13-17(11-10-16(15)19)12-14-8-6-5-7-9-14/h5-9,15-16,19H,3-4,10-13H2,1-2H3/t15-,16-/m1/s1. The molecule has 19 heavy (non-hydrogen) atoms. The lowest BCUT2D eigenvalue weighted by molar-refractivity contribution is -0.0103. The number of aliphatic hydroxyl groups excluding tert-OH is 1. The predicted octanol–water partition coefficient (Wildman–Crippen LogP) is 1.96. The first-order valence-corrected chi connectivity index (χ1v) is 7.43. The Balaban J connectivity index is 1.97. The van der Waals surface area contributed by atoms with E-state index in [0.717, 1.165) is 39.1 Å². The lowest BCUT2D eigenvalue weighted by Gasteiger charge is -2.41. The molecule has 0 unspecified atom stereocenters. The van der Waals surface area contributed by atoms with Gasteiger partial charge in [-0.05, 0) is 25.1 Å². The van der Waals surface area contributed by atoms with Crippen molar-refractivity contribution in [2.75, 3.05) is 26.2 Å². The SMILES string of the molecule is CCN(CC)[C@@H]1CN(Cc2ccccc2)CC[C@H]1O. The molecule has 1 heterocycles. The third-order valence-electron chi connectivity index (χ3n) is 4.16. The molecule has 1 fully saturated rings. The van der Waals surface area contributed by atoms with Gasteiger partial charge < -0.3 is 5.11 Å². The van der Waals surface area contributed by atoms with Crippen LogP contribution in [0.1, 0.15) is 25.8 Å². The van der Waals surface area contributed by atoms with Crippen LogP contribution in [0.25, 0.3) is 0 Å². The quantitative estimate of drug-likeness (QED) is 0.879. The minimum atomic E-state index is -0.174. The van der Waals surface area contributed by atoms with Crippen LogP contribution in [0, 0.1) is 0 Å². The first-order chi connectivity index (χ1) is 9.24. The maximum atomic E-state index is 10.2. The summed E-state index contributed by atoms with van der Waals surface area (Å²) < 4.78 is 0. The number of piperidine rings is 1. The second-order valence-electron chi connectivity index (χ2n) is 5.37. The highest BCUT2D eigenvalue weighted by molar-refractivity contribution is 5.14. The van der Waals surface area contributed by atoms with Crippen LogP contribution in [-0.4, -0.2) is 53.2 Å². The molecule has 0 aliphatic carbocycles. The second-order valence-corrected chi connectivity index (χ2v) is 5.37. The molecular formula is C16H26N2O. The lowest BCUT2D eigenvalue weighted by atomic mass is 10.00. The Labute approximate surface area is 116 Å². The van der Waals surface area contributed by atoms with E-state index in [1.54, 1.807) is 0 Å². The Morgan fingerprint density at radius 1 is 1.21 bits per heavy atom. The Kier molecular flexibility index (Phi) is 5.37. The van der Waals surface area contributed by atoms with Crippen LogP contribution >= 0.6 is 0 Å². The van der Waals surface area contributed by atoms with E-state index in [1.807, 2.05) is 0 Å². The molecule has 0 amide bonds. The topological polar surface area (TPSA) is 26.7 Å². The average Bonchev–Trinajstić information content (AvgIpc) is 2.45. The van der Waals surface area contributed by atoms with Crippen molar-refractivity contribution in [3.8, 4) is 0 Å². The molecule has 2 rings (SSSR count). The molecule has 0 aromatic heterocycles. The molecule has 1 saturated heterocycles. The maximum Gasteiger partial charge on any atom is 0.0720 e. The maximum absolute atomic E-state index is 10.2. The van der Waals surface area contributed by atoms with Gasteiger partial charge in [0.15, 0.2) is 0 Å². The van der Waals surface area contributed by atoms with Crippen LogP contribution in [0.2, 0.25) is 0 Å². The summed E-state index contributed by atoms with van der Waals surface area (Å²) >= 11 is 0. The summed E-state index contributed by atoms with van der Waals surface area (Å²) in [5.41, 5.74) is 1.36. The average molecular weight is 262 g/mol. The molecular weight excluding hydrogens is 236 g/mol. The number of rotatable bonds is 5. The van der Waals surface area contributed by atoms with Gasteiger partial charge in [-0.15, -0.1) is 0 Å². The highest BCUT2D eigenvalue weighted by Gasteiger charge is 2.30. The molecule has 1 N–H and O–H groups in total. The van der Waals surface area contributed by atoms with Crippen molar-refractivity contribution in [1.29, 1.82) is 0 Å². The fourth-order valence-corrected chi connectivity index (χ4v) is 3.02. The third kappa shape index (κ3) is 3.78. The summed E-state index contributed by atoms with van der Waals surface area (Å²) in [4.78, 5) is 4.84. The minimum Gasteiger partial charge on any atom is -0.391 e. The summed E-state index contributed by atoms with van der Waals surface area (Å²) in [6, 6.07) is 10.9. The van der Waals surface area contributed by atoms with E-state index in [4.69, 9.17) is 0 Å². The van der Waals surface area contributed by atoms with Crippen LogP contribution in [-0.2, 0) is 6.54 Å². The number of aliphatic hydroxyl groups is 1. The van der Waals surface area contributed by atoms with Crippen molar-refractivity contribution in [3.63, 3.8) is 0 Å². The Morgan fingerprint density at radius 3 is 2.53 bits per heavy atom. The molecule has 0 radical (unpaired) electrons. The Morgan fingerprint density at radius 2 is 1.89 bits per heavy atom. The van der Waals surface area contributed by atoms with E-state index < -0.39 is 0 Å². The van der Waals surface area contributed by atoms with Crippen molar-refractivity contribution < 1.29 is 5.11 Å². The zero-order valence-electron chi connectivity index (χ0n) is 12.1. The van der Waals surface area contributed by atoms with Gasteiger partial charge in [0.05, 0.1) is 6.10 Å². The highest BCUT2D eigenvalue weighted by atomic mass is 16.3. The van der Waals surface area contributed by atoms with Gasteiger partial charge in [-0.3, -0.25) is 9.80 Å². The Bertz CT molecular complexity index is 364. The van der Waals surface area contributed by atoms with E-state index in [2.05, 4.69) is 54.0 Å². The molecule has 106 valence electrons. The van der Waals surface area contributed by atoms with Crippen LogP contribution in [0.5, 0.6) is 0 Å². The van der Waals surface area contributed by atoms with E-state index >= 15 is 0 Å². The molecule has 1 aliphatic heterocycles. The van der Waals surface area contributed by atoms with Crippen molar-refractivity contribution in [3.05, 3.63) is 35.9 Å². The molecule has 0 bridgehead atoms. The number of hydrogen-bond donors (Lipinski definition) is 1. The number of likely N-dealkylation sites (N-methyl/N-ethyl adjacent to an activating group) is 1. The predicted molar refractivity (Wildman–Crippen MR) is 79.1 cm³/mol. The molecule has 3 heteroatoms. The number of likely N-dealkylation sites (tertiary alicyclic amines) is 1. The monoisotopic (exact) mass is 262 g/mol. The zero-order valence-corrected chi connectivity index (χ0v) is 12.1. The van der Waals surface area contributed by atoms with Crippen molar-refractivity contribution in [2.24, 2.45) is 0 Å². The van der Waals surface area contributed by atoms with Gasteiger partial charge in [0, 0.05) is 25.7 Å². The summed E-state index contributed by atoms with van der Waals surface area (Å²) in [5.74, 6) is 0. The van der Waals surface area contributed by atoms with Crippen molar-refractivity contribution in [1.82, 2.24) is 9.80 Å². The van der Waals surface area contributed by atoms with Crippen LogP contribution in [0.3, 0.4) is 0 Å². The van der Waals surface area contributed by atoms with Crippen LogP contribution in [0.15, 0.2) is 30.3 Å². The molecule has 1 aromatic carbocycles. The molecule has 1 aliphatic rings. The summed E-state index contributed by atoms with van der Waals surface area (Å²) in [7, 11) is 0. The lowest BCUT2D eigenvalue weighted by Crippen LogP contribution is -2.54. The summed E-state index contributed by atoms with van der Waals surface area (Å²) in [6.07, 6.45) is 0.709. The first kappa shape index (κ1) is 14.5. The first-order valence-electron chi connectivity index (χ1n) is 7.43. The van der Waals surface area contributed by atoms with Crippen molar-refractivity contribution >= 4 is 0 Å². The summed E-state index contributed by atoms with van der Waals surface area (Å²) in [5, 5.41) is 10.2. The van der Waals surface area contributed by atoms with E-state index in [0.29, 0.717) is 0 Å². The number of nitrogens with zero attached hydrogens (tertiary/aromatic N) is 2. The van der Waals surface area contributed by atoms with Gasteiger partial charge >= 0.3 is 0 Å². The zero-order chi connectivity index (χ0) is 13.7. The Hall–Kier alpha value is -0.900. The van der Waals surface area contributed by atoms with E-state index in [-0.39, 0.29) is 12.1 Å². The highest BCUT2D eigenvalue weighted by Crippen LogP contribution is 2.18. The normalized spacial score (nSPS) is 24.8. The van der Waals surface area contributed by atoms with Gasteiger partial charge in [0.2, 0.25) is 0 Å². The van der Waals surface area contributed by atoms with Gasteiger partial charge in [0.1, 0.15) is 0 Å². The number of benzene rings is 1. The minimum absolute atomic E-state index is 0.174. The van der Waals surface area contributed by atoms with Gasteiger partial charge in [-0.1, -0.05) is 44.2 Å². The molecule has 0 saturated carbocycles. The van der Waals surface area contributed by atoms with Crippen molar-refractivity contribution in [2.45, 2.75) is 39.0 Å². The van der Waals surface area contributed by atoms with E-state index in [1.165, 1.54) is 5.56 Å². The van der Waals surface area contributed by atoms with E-state index in [9.17, 15) is 5.11 Å². The van der Waals surface area contributed by atoms with Gasteiger partial charge in [-0.2, -0.15) is 0 Å². The van der Waals surface area contributed by atoms with Gasteiger partial charge in [0.25, 0.3) is 0 Å². The molecule has 2 atom stereocenters. The fourth-order valence-electron chi connectivity index (χ4n) is 3.02. The largest absolute Gasteiger partial charge is 0.391 e. The smallest absolute Gasteiger partial charge is 0.0720 e. The summed E-state index contributed by atoms with van der Waals surface area (Å²) in [6.45, 7) is 9.32. The second kappa shape index (κ2) is 7.04. The number of hydrogen-bond acceptors (Lipinski definition) is 3. The third-order valence-corrected chi connectivity index (χ3v) is 4.16. The fraction of sp³-hybridized carbons (Fsp3) is 0.625. The molecule has 1 aromatic rings. The molecule has 0 spiro atoms. The molecule has 3 nitrogen and oxygen atoms in total. The van der Waals surface area contributed by atoms with Crippen LogP contribution in [0.4, 0.5) is 0 Å². The van der Waals surface area contributed by atoms with Crippen LogP contribution < -0.4 is 0 Å².